The fourth-order valence-electron chi connectivity index (χ4n) is 3.69. The Morgan fingerprint density at radius 2 is 1.10 bits per heavy atom. The van der Waals surface area contributed by atoms with Gasteiger partial charge in [-0.3, -0.25) is 0 Å². The van der Waals surface area contributed by atoms with Crippen LogP contribution >= 0.6 is 11.3 Å². The lowest BCUT2D eigenvalue weighted by molar-refractivity contribution is 0.779. The van der Waals surface area contributed by atoms with Crippen LogP contribution in [0, 0.1) is 0 Å². The molecule has 31 heavy (non-hydrogen) atoms. The van der Waals surface area contributed by atoms with Gasteiger partial charge in [-0.25, -0.2) is 4.99 Å². The van der Waals surface area contributed by atoms with E-state index in [9.17, 15) is 0 Å². The highest BCUT2D eigenvalue weighted by molar-refractivity contribution is 7.13. The molecule has 0 unspecified atom stereocenters. The van der Waals surface area contributed by atoms with Crippen LogP contribution < -0.4 is 4.80 Å². The molecule has 0 saturated carbocycles. The minimum atomic E-state index is 0.764. The van der Waals surface area contributed by atoms with Crippen LogP contribution in [0.2, 0.25) is 0 Å². The van der Waals surface area contributed by atoms with Crippen LogP contribution in [0.4, 0.5) is 5.69 Å². The molecule has 4 aromatic carbocycles. The average Bonchev–Trinajstić information content (AvgIpc) is 3.19. The van der Waals surface area contributed by atoms with Crippen LogP contribution in [0.15, 0.2) is 126 Å². The van der Waals surface area contributed by atoms with E-state index in [0.717, 1.165) is 17.0 Å². The maximum atomic E-state index is 5.05. The average molecular weight is 419 g/mol. The Morgan fingerprint density at radius 3 is 1.71 bits per heavy atom. The third-order valence-electron chi connectivity index (χ3n) is 5.16. The zero-order valence-electron chi connectivity index (χ0n) is 17.1. The summed E-state index contributed by atoms with van der Waals surface area (Å²) in [5.74, 6) is 0. The molecule has 1 heterocycles. The number of hydrogen-bond acceptors (Lipinski definition) is 2. The number of para-hydroxylation sites is 1. The first-order valence-corrected chi connectivity index (χ1v) is 11.2. The lowest BCUT2D eigenvalue weighted by Gasteiger charge is -2.12. The molecule has 0 bridgehead atoms. The molecule has 5 rings (SSSR count). The second-order valence-corrected chi connectivity index (χ2v) is 8.29. The minimum Gasteiger partial charge on any atom is -0.311 e. The molecule has 0 aliphatic rings. The predicted octanol–water partition coefficient (Wildman–Crippen LogP) is 7.16. The number of thiazole rings is 1. The number of rotatable bonds is 5. The zero-order valence-corrected chi connectivity index (χ0v) is 17.9. The highest BCUT2D eigenvalue weighted by atomic mass is 32.1. The molecular formula is C28H22N2S. The van der Waals surface area contributed by atoms with Gasteiger partial charge in [0.25, 0.3) is 0 Å². The van der Waals surface area contributed by atoms with E-state index < -0.39 is 0 Å². The van der Waals surface area contributed by atoms with Crippen LogP contribution in [0.1, 0.15) is 5.56 Å². The predicted molar refractivity (Wildman–Crippen MR) is 130 cm³/mol. The molecular weight excluding hydrogens is 396 g/mol. The number of hydrogen-bond donors (Lipinski definition) is 0. The van der Waals surface area contributed by atoms with E-state index in [1.165, 1.54) is 27.3 Å². The van der Waals surface area contributed by atoms with Gasteiger partial charge in [0.1, 0.15) is 0 Å². The summed E-state index contributed by atoms with van der Waals surface area (Å²) >= 11 is 1.74. The molecule has 5 aromatic rings. The maximum Gasteiger partial charge on any atom is 0.191 e. The van der Waals surface area contributed by atoms with Gasteiger partial charge in [0, 0.05) is 0 Å². The van der Waals surface area contributed by atoms with Crippen molar-refractivity contribution >= 4 is 17.0 Å². The quantitative estimate of drug-likeness (QED) is 0.288. The molecule has 1 aromatic heterocycles. The molecule has 0 spiro atoms. The Kier molecular flexibility index (Phi) is 5.59. The molecule has 150 valence electrons. The Morgan fingerprint density at radius 1 is 0.581 bits per heavy atom. The molecule has 0 aliphatic heterocycles. The van der Waals surface area contributed by atoms with Crippen LogP contribution in [0.25, 0.3) is 21.7 Å². The summed E-state index contributed by atoms with van der Waals surface area (Å²) in [4.78, 5) is 7.28. The highest BCUT2D eigenvalue weighted by Crippen LogP contribution is 2.35. The van der Waals surface area contributed by atoms with Crippen molar-refractivity contribution in [1.82, 2.24) is 4.57 Å². The summed E-state index contributed by atoms with van der Waals surface area (Å²) in [6, 6.07) is 42.0. The van der Waals surface area contributed by atoms with Crippen molar-refractivity contribution < 1.29 is 0 Å². The van der Waals surface area contributed by atoms with Gasteiger partial charge in [0.05, 0.1) is 22.8 Å². The van der Waals surface area contributed by atoms with E-state index in [2.05, 4.69) is 108 Å². The van der Waals surface area contributed by atoms with Crippen molar-refractivity contribution in [3.63, 3.8) is 0 Å². The van der Waals surface area contributed by atoms with Gasteiger partial charge in [-0.15, -0.1) is 0 Å². The third-order valence-corrected chi connectivity index (χ3v) is 6.28. The van der Waals surface area contributed by atoms with E-state index >= 15 is 0 Å². The van der Waals surface area contributed by atoms with E-state index in [1.54, 1.807) is 11.3 Å². The van der Waals surface area contributed by atoms with Crippen molar-refractivity contribution in [3.8, 4) is 21.7 Å². The van der Waals surface area contributed by atoms with E-state index in [4.69, 9.17) is 4.99 Å². The molecule has 0 amide bonds. The minimum absolute atomic E-state index is 0.764. The summed E-state index contributed by atoms with van der Waals surface area (Å²) in [7, 11) is 0. The first-order valence-electron chi connectivity index (χ1n) is 10.4. The van der Waals surface area contributed by atoms with Crippen LogP contribution in [0.5, 0.6) is 0 Å². The van der Waals surface area contributed by atoms with Gasteiger partial charge >= 0.3 is 0 Å². The van der Waals surface area contributed by atoms with Crippen molar-refractivity contribution in [2.45, 2.75) is 6.54 Å². The molecule has 0 N–H and O–H groups in total. The summed E-state index contributed by atoms with van der Waals surface area (Å²) in [6.07, 6.45) is 0. The number of aromatic nitrogens is 1. The lowest BCUT2D eigenvalue weighted by atomic mass is 10.1. The van der Waals surface area contributed by atoms with Crippen LogP contribution in [0.3, 0.4) is 0 Å². The number of benzene rings is 4. The Bertz CT molecular complexity index is 1320. The van der Waals surface area contributed by atoms with Gasteiger partial charge in [-0.05, 0) is 28.8 Å². The molecule has 0 saturated heterocycles. The van der Waals surface area contributed by atoms with Crippen molar-refractivity contribution in [2.24, 2.45) is 4.99 Å². The van der Waals surface area contributed by atoms with Crippen molar-refractivity contribution in [2.75, 3.05) is 0 Å². The Labute approximate surface area is 186 Å². The van der Waals surface area contributed by atoms with E-state index in [0.29, 0.717) is 0 Å². The molecule has 0 radical (unpaired) electrons. The maximum absolute atomic E-state index is 5.05. The Balaban J connectivity index is 1.80. The topological polar surface area (TPSA) is 17.3 Å². The number of nitrogens with zero attached hydrogens (tertiary/aromatic N) is 2. The van der Waals surface area contributed by atoms with Gasteiger partial charge in [-0.1, -0.05) is 121 Å². The first kappa shape index (κ1) is 19.3. The second kappa shape index (κ2) is 8.99. The SMILES string of the molecule is c1ccc(Cn2c(-c3ccccc3)c(-c3ccccc3)sc2=Nc2ccccc2)cc1. The van der Waals surface area contributed by atoms with Gasteiger partial charge in [0.2, 0.25) is 0 Å². The fourth-order valence-corrected chi connectivity index (χ4v) is 4.87. The molecule has 0 aliphatic carbocycles. The summed E-state index contributed by atoms with van der Waals surface area (Å²) in [5.41, 5.74) is 5.83. The standard InChI is InChI=1S/C28H22N2S/c1-5-13-22(14-6-1)21-30-26(23-15-7-2-8-16-23)27(24-17-9-3-10-18-24)31-28(30)29-25-19-11-4-12-20-25/h1-20H,21H2. The van der Waals surface area contributed by atoms with Gasteiger partial charge < -0.3 is 4.57 Å². The molecule has 3 heteroatoms. The summed E-state index contributed by atoms with van der Waals surface area (Å²) < 4.78 is 2.35. The fraction of sp³-hybridized carbons (Fsp3) is 0.0357. The smallest absolute Gasteiger partial charge is 0.191 e. The highest BCUT2D eigenvalue weighted by Gasteiger charge is 2.17. The Hall–Kier alpha value is -3.69. The molecule has 2 nitrogen and oxygen atoms in total. The first-order chi connectivity index (χ1) is 15.4. The third kappa shape index (κ3) is 4.27. The van der Waals surface area contributed by atoms with Crippen molar-refractivity contribution in [1.29, 1.82) is 0 Å². The monoisotopic (exact) mass is 418 g/mol. The summed E-state index contributed by atoms with van der Waals surface area (Å²) in [6.45, 7) is 0.764. The molecule has 0 atom stereocenters. The normalized spacial score (nSPS) is 11.5. The summed E-state index contributed by atoms with van der Waals surface area (Å²) in [5, 5.41) is 0. The van der Waals surface area contributed by atoms with Crippen molar-refractivity contribution in [3.05, 3.63) is 132 Å². The zero-order chi connectivity index (χ0) is 20.9. The largest absolute Gasteiger partial charge is 0.311 e. The van der Waals surface area contributed by atoms with E-state index in [1.807, 2.05) is 18.2 Å². The van der Waals surface area contributed by atoms with Gasteiger partial charge in [-0.2, -0.15) is 0 Å². The second-order valence-electron chi connectivity index (χ2n) is 7.31. The van der Waals surface area contributed by atoms with E-state index in [-0.39, 0.29) is 0 Å². The molecule has 0 fully saturated rings. The van der Waals surface area contributed by atoms with Gasteiger partial charge in [0.15, 0.2) is 4.80 Å². The lowest BCUT2D eigenvalue weighted by Crippen LogP contribution is -2.16. The van der Waals surface area contributed by atoms with Crippen LogP contribution in [-0.4, -0.2) is 4.57 Å². The van der Waals surface area contributed by atoms with Crippen LogP contribution in [-0.2, 0) is 6.54 Å².